The van der Waals surface area contributed by atoms with Crippen LogP contribution in [0.3, 0.4) is 0 Å². The molecule has 2 radical (unpaired) electrons. The quantitative estimate of drug-likeness (QED) is 0.501. The molecule has 2 heteroatoms. The van der Waals surface area contributed by atoms with Gasteiger partial charge in [0.1, 0.15) is 7.85 Å². The molecular weight excluding hydrogens is 258 g/mol. The van der Waals surface area contributed by atoms with E-state index in [0.717, 1.165) is 5.46 Å². The van der Waals surface area contributed by atoms with Crippen LogP contribution in [0.25, 0.3) is 0 Å². The highest BCUT2D eigenvalue weighted by atomic mass is 127. The molecule has 12 heavy (non-hydrogen) atoms. The molecule has 0 heterocycles. The van der Waals surface area contributed by atoms with Gasteiger partial charge in [-0.1, -0.05) is 38.4 Å². The molecule has 0 N–H and O–H groups in total. The summed E-state index contributed by atoms with van der Waals surface area (Å²) in [5.41, 5.74) is 2.34. The zero-order valence-corrected chi connectivity index (χ0v) is 9.84. The minimum atomic E-state index is 0.190. The van der Waals surface area contributed by atoms with Crippen LogP contribution in [0, 0.1) is 3.57 Å². The standard InChI is InChI=1S/C10H12BI/c1-10(2,3)7-4-8(11)6-9(12)5-7/h4-6H,1-3H3. The minimum absolute atomic E-state index is 0.190. The molecule has 0 amide bonds. The van der Waals surface area contributed by atoms with Gasteiger partial charge in [-0.2, -0.15) is 0 Å². The Labute approximate surface area is 89.3 Å². The maximum absolute atomic E-state index is 5.75. The lowest BCUT2D eigenvalue weighted by Crippen LogP contribution is -2.15. The molecule has 0 saturated heterocycles. The molecule has 0 bridgehead atoms. The molecule has 0 saturated carbocycles. The van der Waals surface area contributed by atoms with E-state index in [9.17, 15) is 0 Å². The summed E-state index contributed by atoms with van der Waals surface area (Å²) in [5.74, 6) is 0. The van der Waals surface area contributed by atoms with E-state index >= 15 is 0 Å². The Bertz CT molecular complexity index is 266. The van der Waals surface area contributed by atoms with Gasteiger partial charge in [0.2, 0.25) is 0 Å². The number of rotatable bonds is 0. The lowest BCUT2D eigenvalue weighted by molar-refractivity contribution is 0.590. The first kappa shape index (κ1) is 10.1. The van der Waals surface area contributed by atoms with Gasteiger partial charge in [-0.3, -0.25) is 0 Å². The summed E-state index contributed by atoms with van der Waals surface area (Å²) in [7, 11) is 5.75. The molecule has 0 aliphatic carbocycles. The van der Waals surface area contributed by atoms with Gasteiger partial charge in [-0.25, -0.2) is 0 Å². The molecule has 0 nitrogen and oxygen atoms in total. The van der Waals surface area contributed by atoms with Crippen molar-refractivity contribution in [2.24, 2.45) is 0 Å². The van der Waals surface area contributed by atoms with E-state index in [1.807, 2.05) is 12.1 Å². The highest BCUT2D eigenvalue weighted by Gasteiger charge is 2.13. The minimum Gasteiger partial charge on any atom is -0.0953 e. The van der Waals surface area contributed by atoms with E-state index < -0.39 is 0 Å². The van der Waals surface area contributed by atoms with Gasteiger partial charge in [0, 0.05) is 3.57 Å². The van der Waals surface area contributed by atoms with Gasteiger partial charge in [-0.05, 0) is 39.6 Å². The maximum Gasteiger partial charge on any atom is 0.113 e. The maximum atomic E-state index is 5.75. The molecule has 0 aromatic heterocycles. The summed E-state index contributed by atoms with van der Waals surface area (Å²) >= 11 is 2.29. The topological polar surface area (TPSA) is 0 Å². The van der Waals surface area contributed by atoms with Gasteiger partial charge in [0.25, 0.3) is 0 Å². The van der Waals surface area contributed by atoms with Crippen molar-refractivity contribution in [1.29, 1.82) is 0 Å². The Hall–Kier alpha value is 0.0149. The number of hydrogen-bond donors (Lipinski definition) is 0. The first-order valence-electron chi connectivity index (χ1n) is 3.96. The van der Waals surface area contributed by atoms with Gasteiger partial charge < -0.3 is 0 Å². The molecule has 1 aromatic carbocycles. The summed E-state index contributed by atoms with van der Waals surface area (Å²) < 4.78 is 1.21. The Morgan fingerprint density at radius 2 is 1.75 bits per heavy atom. The normalized spacial score (nSPS) is 11.7. The highest BCUT2D eigenvalue weighted by Crippen LogP contribution is 2.22. The number of halogens is 1. The molecule has 0 spiro atoms. The van der Waals surface area contributed by atoms with E-state index in [1.54, 1.807) is 0 Å². The molecule has 0 unspecified atom stereocenters. The van der Waals surface area contributed by atoms with Gasteiger partial charge >= 0.3 is 0 Å². The van der Waals surface area contributed by atoms with E-state index in [4.69, 9.17) is 7.85 Å². The number of benzene rings is 1. The average molecular weight is 270 g/mol. The van der Waals surface area contributed by atoms with Crippen LogP contribution in [0.5, 0.6) is 0 Å². The molecule has 0 aliphatic rings. The van der Waals surface area contributed by atoms with Crippen molar-refractivity contribution in [1.82, 2.24) is 0 Å². The van der Waals surface area contributed by atoms with Crippen molar-refractivity contribution < 1.29 is 0 Å². The first-order chi connectivity index (χ1) is 5.39. The van der Waals surface area contributed by atoms with Crippen LogP contribution < -0.4 is 5.46 Å². The second-order valence-corrected chi connectivity index (χ2v) is 5.27. The van der Waals surface area contributed by atoms with Crippen LogP contribution in [0.2, 0.25) is 0 Å². The van der Waals surface area contributed by atoms with E-state index in [-0.39, 0.29) is 5.41 Å². The predicted molar refractivity (Wildman–Crippen MR) is 63.2 cm³/mol. The molecule has 0 aliphatic heterocycles. The van der Waals surface area contributed by atoms with Gasteiger partial charge in [-0.15, -0.1) is 0 Å². The molecule has 62 valence electrons. The Morgan fingerprint density at radius 1 is 1.17 bits per heavy atom. The lowest BCUT2D eigenvalue weighted by Gasteiger charge is -2.19. The highest BCUT2D eigenvalue weighted by molar-refractivity contribution is 14.1. The fraction of sp³-hybridized carbons (Fsp3) is 0.400. The van der Waals surface area contributed by atoms with Crippen molar-refractivity contribution >= 4 is 35.9 Å². The monoisotopic (exact) mass is 270 g/mol. The SMILES string of the molecule is [B]c1cc(I)cc(C(C)(C)C)c1. The van der Waals surface area contributed by atoms with Crippen molar-refractivity contribution in [2.75, 3.05) is 0 Å². The summed E-state index contributed by atoms with van der Waals surface area (Å²) in [6, 6.07) is 6.20. The second kappa shape index (κ2) is 3.40. The van der Waals surface area contributed by atoms with Crippen LogP contribution in [0.1, 0.15) is 26.3 Å². The average Bonchev–Trinajstić information content (AvgIpc) is 1.82. The zero-order chi connectivity index (χ0) is 9.35. The number of hydrogen-bond acceptors (Lipinski definition) is 0. The van der Waals surface area contributed by atoms with E-state index in [2.05, 4.69) is 49.4 Å². The van der Waals surface area contributed by atoms with Gasteiger partial charge in [0.15, 0.2) is 0 Å². The molecule has 0 fully saturated rings. The lowest BCUT2D eigenvalue weighted by atomic mass is 9.83. The first-order valence-corrected chi connectivity index (χ1v) is 5.04. The van der Waals surface area contributed by atoms with Crippen molar-refractivity contribution in [3.05, 3.63) is 27.3 Å². The van der Waals surface area contributed by atoms with Crippen molar-refractivity contribution in [3.63, 3.8) is 0 Å². The summed E-state index contributed by atoms with van der Waals surface area (Å²) in [6.45, 7) is 6.58. The smallest absolute Gasteiger partial charge is 0.0953 e. The van der Waals surface area contributed by atoms with Crippen LogP contribution in [0.4, 0.5) is 0 Å². The molecule has 1 aromatic rings. The largest absolute Gasteiger partial charge is 0.113 e. The molecule has 0 atom stereocenters. The second-order valence-electron chi connectivity index (χ2n) is 4.02. The summed E-state index contributed by atoms with van der Waals surface area (Å²) in [5, 5.41) is 0. The fourth-order valence-corrected chi connectivity index (χ4v) is 1.74. The summed E-state index contributed by atoms with van der Waals surface area (Å²) in [4.78, 5) is 0. The third kappa shape index (κ3) is 2.51. The van der Waals surface area contributed by atoms with Crippen molar-refractivity contribution in [2.45, 2.75) is 26.2 Å². The molecule has 1 rings (SSSR count). The molecular formula is C10H12BI. The fourth-order valence-electron chi connectivity index (χ4n) is 1.05. The van der Waals surface area contributed by atoms with Gasteiger partial charge in [0.05, 0.1) is 0 Å². The Balaban J connectivity index is 3.18. The Morgan fingerprint density at radius 3 is 2.17 bits per heavy atom. The third-order valence-electron chi connectivity index (χ3n) is 1.79. The van der Waals surface area contributed by atoms with Crippen LogP contribution >= 0.6 is 22.6 Å². The van der Waals surface area contributed by atoms with E-state index in [1.165, 1.54) is 9.13 Å². The third-order valence-corrected chi connectivity index (χ3v) is 2.41. The van der Waals surface area contributed by atoms with Crippen LogP contribution in [0.15, 0.2) is 18.2 Å². The summed E-state index contributed by atoms with van der Waals surface area (Å²) in [6.07, 6.45) is 0. The van der Waals surface area contributed by atoms with Crippen LogP contribution in [-0.2, 0) is 5.41 Å². The van der Waals surface area contributed by atoms with E-state index in [0.29, 0.717) is 0 Å². The van der Waals surface area contributed by atoms with Crippen LogP contribution in [-0.4, -0.2) is 7.85 Å². The predicted octanol–water partition coefficient (Wildman–Crippen LogP) is 2.38. The van der Waals surface area contributed by atoms with Crippen molar-refractivity contribution in [3.8, 4) is 0 Å². The zero-order valence-electron chi connectivity index (χ0n) is 7.69. The Kier molecular flexibility index (Phi) is 2.86.